The normalized spacial score (nSPS) is 13.0. The summed E-state index contributed by atoms with van der Waals surface area (Å²) in [6.45, 7) is 20.3. The van der Waals surface area contributed by atoms with Crippen LogP contribution in [0.15, 0.2) is 52.5 Å². The number of allylic oxidation sites excluding steroid dienone is 2. The van der Waals surface area contributed by atoms with Gasteiger partial charge in [-0.2, -0.15) is 0 Å². The molecule has 0 saturated heterocycles. The predicted molar refractivity (Wildman–Crippen MR) is 117 cm³/mol. The van der Waals surface area contributed by atoms with E-state index in [1.807, 2.05) is 0 Å². The Morgan fingerprint density at radius 2 is 1.46 bits per heavy atom. The molecular formula is C20H30Br2OSi. The summed E-state index contributed by atoms with van der Waals surface area (Å²) in [5, 5.41) is 0.187. The number of halogens is 2. The molecule has 0 aliphatic rings. The third-order valence-corrected chi connectivity index (χ3v) is 10.0. The van der Waals surface area contributed by atoms with Crippen LogP contribution in [0.5, 0.6) is 0 Å². The fraction of sp³-hybridized carbons (Fsp3) is 0.500. The van der Waals surface area contributed by atoms with Gasteiger partial charge in [0.15, 0.2) is 8.32 Å². The molecule has 1 aromatic rings. The van der Waals surface area contributed by atoms with E-state index in [2.05, 4.69) is 109 Å². The third-order valence-electron chi connectivity index (χ3n) is 4.96. The van der Waals surface area contributed by atoms with Gasteiger partial charge in [-0.25, -0.2) is 0 Å². The second-order valence-corrected chi connectivity index (χ2v) is 15.1. The molecule has 1 aromatic carbocycles. The summed E-state index contributed by atoms with van der Waals surface area (Å²) in [5.74, 6) is 0. The van der Waals surface area contributed by atoms with Gasteiger partial charge < -0.3 is 4.43 Å². The summed E-state index contributed by atoms with van der Waals surface area (Å²) in [6, 6.07) is 10.6. The summed E-state index contributed by atoms with van der Waals surface area (Å²) >= 11 is 7.15. The van der Waals surface area contributed by atoms with E-state index in [-0.39, 0.29) is 10.5 Å². The van der Waals surface area contributed by atoms with Crippen molar-refractivity contribution in [2.75, 3.05) is 6.61 Å². The van der Waals surface area contributed by atoms with Gasteiger partial charge in [-0.3, -0.25) is 0 Å². The molecular weight excluding hydrogens is 444 g/mol. The van der Waals surface area contributed by atoms with Gasteiger partial charge in [0.05, 0.1) is 0 Å². The van der Waals surface area contributed by atoms with Gasteiger partial charge in [-0.1, -0.05) is 96.1 Å². The van der Waals surface area contributed by atoms with Gasteiger partial charge in [0.1, 0.15) is 0 Å². The molecule has 134 valence electrons. The van der Waals surface area contributed by atoms with Gasteiger partial charge in [0.2, 0.25) is 0 Å². The zero-order chi connectivity index (χ0) is 18.6. The van der Waals surface area contributed by atoms with E-state index < -0.39 is 8.32 Å². The van der Waals surface area contributed by atoms with Crippen LogP contribution in [0, 0.1) is 0 Å². The van der Waals surface area contributed by atoms with E-state index >= 15 is 0 Å². The fourth-order valence-corrected chi connectivity index (χ4v) is 4.66. The standard InChI is InChI=1S/C20H30Br2OSi/c1-16(21)13-20(14-17(2)22,18-11-9-8-10-12-18)15-23-24(6,7)19(3,4)5/h8-12H,1-2,13-15H2,3-7H3. The number of rotatable bonds is 8. The van der Waals surface area contributed by atoms with Crippen molar-refractivity contribution in [3.8, 4) is 0 Å². The van der Waals surface area contributed by atoms with Crippen LogP contribution in [0.4, 0.5) is 0 Å². The summed E-state index contributed by atoms with van der Waals surface area (Å²) < 4.78 is 8.60. The second-order valence-electron chi connectivity index (χ2n) is 8.08. The SMILES string of the molecule is C=C(Br)CC(CO[Si](C)(C)C(C)(C)C)(CC(=C)Br)c1ccccc1. The molecule has 0 atom stereocenters. The highest BCUT2D eigenvalue weighted by Gasteiger charge is 2.41. The molecule has 0 radical (unpaired) electrons. The zero-order valence-electron chi connectivity index (χ0n) is 15.6. The first kappa shape index (κ1) is 21.9. The third kappa shape index (κ3) is 5.97. The van der Waals surface area contributed by atoms with Crippen LogP contribution in [0.3, 0.4) is 0 Å². The Morgan fingerprint density at radius 1 is 1.00 bits per heavy atom. The predicted octanol–water partition coefficient (Wildman–Crippen LogP) is 7.54. The Morgan fingerprint density at radius 3 is 1.83 bits per heavy atom. The maximum absolute atomic E-state index is 6.63. The second kappa shape index (κ2) is 8.48. The quantitative estimate of drug-likeness (QED) is 0.354. The molecule has 0 spiro atoms. The molecule has 0 unspecified atom stereocenters. The fourth-order valence-electron chi connectivity index (χ4n) is 2.51. The van der Waals surface area contributed by atoms with Gasteiger partial charge >= 0.3 is 0 Å². The van der Waals surface area contributed by atoms with E-state index in [1.54, 1.807) is 0 Å². The highest BCUT2D eigenvalue weighted by molar-refractivity contribution is 9.12. The minimum atomic E-state index is -1.84. The average molecular weight is 474 g/mol. The van der Waals surface area contributed by atoms with Gasteiger partial charge in [-0.15, -0.1) is 0 Å². The maximum Gasteiger partial charge on any atom is 0.192 e. The first-order valence-electron chi connectivity index (χ1n) is 8.26. The van der Waals surface area contributed by atoms with Gasteiger partial charge in [0.25, 0.3) is 0 Å². The average Bonchev–Trinajstić information content (AvgIpc) is 2.43. The van der Waals surface area contributed by atoms with Crippen molar-refractivity contribution in [2.45, 2.75) is 57.2 Å². The van der Waals surface area contributed by atoms with Crippen LogP contribution in [-0.4, -0.2) is 14.9 Å². The molecule has 0 saturated carbocycles. The summed E-state index contributed by atoms with van der Waals surface area (Å²) in [4.78, 5) is 0. The minimum absolute atomic E-state index is 0.169. The molecule has 0 heterocycles. The molecule has 0 N–H and O–H groups in total. The minimum Gasteiger partial charge on any atom is -0.416 e. The first-order valence-corrected chi connectivity index (χ1v) is 12.8. The van der Waals surface area contributed by atoms with Crippen molar-refractivity contribution in [1.29, 1.82) is 0 Å². The first-order chi connectivity index (χ1) is 10.9. The zero-order valence-corrected chi connectivity index (χ0v) is 19.8. The highest BCUT2D eigenvalue weighted by atomic mass is 79.9. The molecule has 1 nitrogen and oxygen atoms in total. The Balaban J connectivity index is 3.25. The molecule has 0 fully saturated rings. The van der Waals surface area contributed by atoms with Crippen molar-refractivity contribution in [3.63, 3.8) is 0 Å². The van der Waals surface area contributed by atoms with Crippen molar-refractivity contribution in [1.82, 2.24) is 0 Å². The van der Waals surface area contributed by atoms with E-state index in [1.165, 1.54) is 5.56 Å². The molecule has 0 amide bonds. The van der Waals surface area contributed by atoms with Crippen LogP contribution in [0.25, 0.3) is 0 Å². The van der Waals surface area contributed by atoms with Crippen LogP contribution in [-0.2, 0) is 9.84 Å². The molecule has 24 heavy (non-hydrogen) atoms. The molecule has 4 heteroatoms. The van der Waals surface area contributed by atoms with Crippen LogP contribution in [0.2, 0.25) is 18.1 Å². The monoisotopic (exact) mass is 472 g/mol. The number of benzene rings is 1. The molecule has 0 bridgehead atoms. The van der Waals surface area contributed by atoms with Crippen molar-refractivity contribution in [3.05, 3.63) is 58.0 Å². The molecule has 0 aliphatic carbocycles. The Kier molecular flexibility index (Phi) is 7.73. The number of hydrogen-bond donors (Lipinski definition) is 0. The van der Waals surface area contributed by atoms with E-state index in [4.69, 9.17) is 4.43 Å². The lowest BCUT2D eigenvalue weighted by molar-refractivity contribution is 0.197. The summed E-state index contributed by atoms with van der Waals surface area (Å²) in [7, 11) is -1.84. The lowest BCUT2D eigenvalue weighted by atomic mass is 9.75. The maximum atomic E-state index is 6.63. The van der Waals surface area contributed by atoms with E-state index in [0.29, 0.717) is 6.61 Å². The Hall–Kier alpha value is -0.163. The lowest BCUT2D eigenvalue weighted by Crippen LogP contribution is -2.45. The van der Waals surface area contributed by atoms with Crippen LogP contribution < -0.4 is 0 Å². The molecule has 1 rings (SSSR count). The molecule has 0 aromatic heterocycles. The Labute approximate surface area is 166 Å². The smallest absolute Gasteiger partial charge is 0.192 e. The van der Waals surface area contributed by atoms with Gasteiger partial charge in [-0.05, 0) is 45.5 Å². The van der Waals surface area contributed by atoms with Crippen LogP contribution >= 0.6 is 31.9 Å². The summed E-state index contributed by atoms with van der Waals surface area (Å²) in [5.41, 5.74) is 1.10. The lowest BCUT2D eigenvalue weighted by Gasteiger charge is -2.42. The number of hydrogen-bond acceptors (Lipinski definition) is 1. The topological polar surface area (TPSA) is 9.23 Å². The summed E-state index contributed by atoms with van der Waals surface area (Å²) in [6.07, 6.45) is 1.63. The van der Waals surface area contributed by atoms with Gasteiger partial charge in [0, 0.05) is 12.0 Å². The molecule has 0 aliphatic heterocycles. The van der Waals surface area contributed by atoms with Crippen LogP contribution in [0.1, 0.15) is 39.2 Å². The van der Waals surface area contributed by atoms with Crippen molar-refractivity contribution in [2.24, 2.45) is 0 Å². The van der Waals surface area contributed by atoms with Crippen molar-refractivity contribution < 1.29 is 4.43 Å². The largest absolute Gasteiger partial charge is 0.416 e. The Bertz CT molecular complexity index is 557. The van der Waals surface area contributed by atoms with Crippen molar-refractivity contribution >= 4 is 40.2 Å². The highest BCUT2D eigenvalue weighted by Crippen LogP contribution is 2.43. The van der Waals surface area contributed by atoms with E-state index in [9.17, 15) is 0 Å². The van der Waals surface area contributed by atoms with E-state index in [0.717, 1.165) is 21.8 Å².